The van der Waals surface area contributed by atoms with E-state index in [-0.39, 0.29) is 35.2 Å². The highest BCUT2D eigenvalue weighted by atomic mass is 35.5. The van der Waals surface area contributed by atoms with E-state index in [2.05, 4.69) is 18.8 Å². The van der Waals surface area contributed by atoms with Crippen molar-refractivity contribution in [1.29, 1.82) is 0 Å². The summed E-state index contributed by atoms with van der Waals surface area (Å²) in [7, 11) is 1.59. The molecular formula is C18H25Cl3N4O2S. The molecule has 0 bridgehead atoms. The number of hydrogen-bond acceptors (Lipinski definition) is 4. The van der Waals surface area contributed by atoms with Crippen LogP contribution in [0.15, 0.2) is 29.6 Å². The summed E-state index contributed by atoms with van der Waals surface area (Å²) in [6, 6.07) is 5.09. The lowest BCUT2D eigenvalue weighted by Crippen LogP contribution is -2.45. The molecule has 6 nitrogen and oxygen atoms in total. The second-order valence-corrected chi connectivity index (χ2v) is 10.3. The van der Waals surface area contributed by atoms with Gasteiger partial charge in [-0.25, -0.2) is 13.4 Å². The van der Waals surface area contributed by atoms with Gasteiger partial charge >= 0.3 is 0 Å². The van der Waals surface area contributed by atoms with Crippen LogP contribution in [0, 0.1) is 5.92 Å². The topological polar surface area (TPSA) is 58.4 Å². The lowest BCUT2D eigenvalue weighted by atomic mass is 10.0. The van der Waals surface area contributed by atoms with E-state index in [1.165, 1.54) is 15.2 Å². The Labute approximate surface area is 182 Å². The number of sulfonamides is 1. The summed E-state index contributed by atoms with van der Waals surface area (Å²) in [6.07, 6.45) is 1.39. The van der Waals surface area contributed by atoms with Crippen molar-refractivity contribution in [3.63, 3.8) is 0 Å². The van der Waals surface area contributed by atoms with Crippen molar-refractivity contribution in [2.45, 2.75) is 31.5 Å². The van der Waals surface area contributed by atoms with Crippen molar-refractivity contribution < 1.29 is 8.42 Å². The quantitative estimate of drug-likeness (QED) is 0.585. The molecule has 0 saturated carbocycles. The number of hydrogen-bond donors (Lipinski definition) is 0. The maximum Gasteiger partial charge on any atom is 0.264 e. The number of aryl methyl sites for hydroxylation is 1. The van der Waals surface area contributed by atoms with E-state index >= 15 is 0 Å². The Morgan fingerprint density at radius 3 is 2.25 bits per heavy atom. The Kier molecular flexibility index (Phi) is 7.81. The second-order valence-electron chi connectivity index (χ2n) is 7.27. The molecule has 0 N–H and O–H groups in total. The third-order valence-electron chi connectivity index (χ3n) is 4.59. The molecule has 0 unspecified atom stereocenters. The molecule has 1 aromatic carbocycles. The van der Waals surface area contributed by atoms with E-state index in [1.54, 1.807) is 25.2 Å². The second kappa shape index (κ2) is 9.32. The highest BCUT2D eigenvalue weighted by Gasteiger charge is 2.33. The SMILES string of the molecule is CC(C)[C@@H](CN(Cc1ccc(Cl)c(Cl)c1)S(=O)(=O)c1ncn(C)c1Cl)N(C)C. The average molecular weight is 468 g/mol. The Hall–Kier alpha value is -0.830. The first-order valence-electron chi connectivity index (χ1n) is 8.72. The van der Waals surface area contributed by atoms with Gasteiger partial charge in [0.15, 0.2) is 0 Å². The van der Waals surface area contributed by atoms with Crippen LogP contribution in [0.4, 0.5) is 0 Å². The smallest absolute Gasteiger partial charge is 0.264 e. The zero-order chi connectivity index (χ0) is 21.2. The number of aromatic nitrogens is 2. The average Bonchev–Trinajstić information content (AvgIpc) is 2.93. The van der Waals surface area contributed by atoms with Gasteiger partial charge in [0, 0.05) is 26.2 Å². The lowest BCUT2D eigenvalue weighted by molar-refractivity contribution is 0.190. The summed E-state index contributed by atoms with van der Waals surface area (Å²) in [5.74, 6) is 0.237. The summed E-state index contributed by atoms with van der Waals surface area (Å²) in [5.41, 5.74) is 0.728. The summed E-state index contributed by atoms with van der Waals surface area (Å²) in [5, 5.41) is 0.712. The number of benzene rings is 1. The van der Waals surface area contributed by atoms with Crippen LogP contribution >= 0.6 is 34.8 Å². The van der Waals surface area contributed by atoms with Crippen LogP contribution in [-0.2, 0) is 23.6 Å². The molecule has 1 aromatic heterocycles. The van der Waals surface area contributed by atoms with Gasteiger partial charge < -0.3 is 9.47 Å². The van der Waals surface area contributed by atoms with Crippen LogP contribution in [0.1, 0.15) is 19.4 Å². The molecule has 0 fully saturated rings. The molecule has 0 aliphatic heterocycles. The zero-order valence-electron chi connectivity index (χ0n) is 16.5. The predicted molar refractivity (Wildman–Crippen MR) is 115 cm³/mol. The molecule has 0 spiro atoms. The number of likely N-dealkylation sites (N-methyl/N-ethyl adjacent to an activating group) is 1. The predicted octanol–water partition coefficient (Wildman–Crippen LogP) is 4.16. The van der Waals surface area contributed by atoms with Gasteiger partial charge in [0.25, 0.3) is 10.0 Å². The van der Waals surface area contributed by atoms with E-state index in [9.17, 15) is 8.42 Å². The number of halogens is 3. The minimum Gasteiger partial charge on any atom is -0.324 e. The molecule has 0 radical (unpaired) electrons. The maximum atomic E-state index is 13.4. The van der Waals surface area contributed by atoms with Crippen molar-refractivity contribution in [3.8, 4) is 0 Å². The Bertz CT molecular complexity index is 921. The minimum atomic E-state index is -3.93. The maximum absolute atomic E-state index is 13.4. The van der Waals surface area contributed by atoms with Gasteiger partial charge in [-0.2, -0.15) is 4.31 Å². The normalized spacial score (nSPS) is 13.7. The number of nitrogens with zero attached hydrogens (tertiary/aromatic N) is 4. The highest BCUT2D eigenvalue weighted by molar-refractivity contribution is 7.89. The number of rotatable bonds is 8. The van der Waals surface area contributed by atoms with Gasteiger partial charge in [0.2, 0.25) is 5.03 Å². The van der Waals surface area contributed by atoms with Crippen molar-refractivity contribution >= 4 is 44.8 Å². The molecular weight excluding hydrogens is 443 g/mol. The van der Waals surface area contributed by atoms with E-state index in [0.29, 0.717) is 10.0 Å². The molecule has 0 amide bonds. The summed E-state index contributed by atoms with van der Waals surface area (Å²) >= 11 is 18.3. The minimum absolute atomic E-state index is 0.0000323. The van der Waals surface area contributed by atoms with Gasteiger partial charge in [-0.05, 0) is 37.7 Å². The molecule has 28 heavy (non-hydrogen) atoms. The largest absolute Gasteiger partial charge is 0.324 e. The summed E-state index contributed by atoms with van der Waals surface area (Å²) < 4.78 is 29.6. The zero-order valence-corrected chi connectivity index (χ0v) is 19.6. The Morgan fingerprint density at radius 1 is 1.14 bits per heavy atom. The van der Waals surface area contributed by atoms with Crippen LogP contribution in [0.25, 0.3) is 0 Å². The first-order chi connectivity index (χ1) is 12.9. The fourth-order valence-corrected chi connectivity index (χ4v) is 5.11. The third-order valence-corrected chi connectivity index (χ3v) is 7.63. The molecule has 0 aliphatic rings. The fourth-order valence-electron chi connectivity index (χ4n) is 2.96. The Morgan fingerprint density at radius 2 is 1.79 bits per heavy atom. The van der Waals surface area contributed by atoms with E-state index in [4.69, 9.17) is 34.8 Å². The van der Waals surface area contributed by atoms with Gasteiger partial charge in [-0.1, -0.05) is 54.7 Å². The molecule has 1 atom stereocenters. The fraction of sp³-hybridized carbons (Fsp3) is 0.500. The molecule has 1 heterocycles. The summed E-state index contributed by atoms with van der Waals surface area (Å²) in [4.78, 5) is 6.03. The number of imidazole rings is 1. The van der Waals surface area contributed by atoms with Crippen LogP contribution < -0.4 is 0 Å². The van der Waals surface area contributed by atoms with Crippen molar-refractivity contribution in [2.75, 3.05) is 20.6 Å². The van der Waals surface area contributed by atoms with E-state index < -0.39 is 10.0 Å². The van der Waals surface area contributed by atoms with Gasteiger partial charge in [-0.15, -0.1) is 0 Å². The molecule has 0 aliphatic carbocycles. The van der Waals surface area contributed by atoms with Crippen LogP contribution in [0.2, 0.25) is 15.2 Å². The molecule has 10 heteroatoms. The summed E-state index contributed by atoms with van der Waals surface area (Å²) in [6.45, 7) is 4.52. The highest BCUT2D eigenvalue weighted by Crippen LogP contribution is 2.28. The van der Waals surface area contributed by atoms with Crippen LogP contribution in [0.3, 0.4) is 0 Å². The monoisotopic (exact) mass is 466 g/mol. The molecule has 0 saturated heterocycles. The molecule has 2 rings (SSSR count). The third kappa shape index (κ3) is 5.20. The first kappa shape index (κ1) is 23.4. The van der Waals surface area contributed by atoms with Crippen LogP contribution in [-0.4, -0.2) is 53.9 Å². The van der Waals surface area contributed by atoms with Crippen molar-refractivity contribution in [1.82, 2.24) is 18.8 Å². The standard InChI is InChI=1S/C18H25Cl3N4O2S/c1-12(2)16(23(3)4)10-25(9-13-6-7-14(19)15(20)8-13)28(26,27)18-17(21)24(5)11-22-18/h6-8,11-12,16H,9-10H2,1-5H3/t16-/m1/s1. The Balaban J connectivity index is 2.48. The van der Waals surface area contributed by atoms with Crippen LogP contribution in [0.5, 0.6) is 0 Å². The van der Waals surface area contributed by atoms with Gasteiger partial charge in [-0.3, -0.25) is 0 Å². The van der Waals surface area contributed by atoms with E-state index in [1.807, 2.05) is 19.0 Å². The van der Waals surface area contributed by atoms with Gasteiger partial charge in [0.1, 0.15) is 5.15 Å². The lowest BCUT2D eigenvalue weighted by Gasteiger charge is -2.33. The molecule has 2 aromatic rings. The van der Waals surface area contributed by atoms with Crippen molar-refractivity contribution in [3.05, 3.63) is 45.3 Å². The van der Waals surface area contributed by atoms with Gasteiger partial charge in [0.05, 0.1) is 16.4 Å². The van der Waals surface area contributed by atoms with Crippen molar-refractivity contribution in [2.24, 2.45) is 13.0 Å². The van der Waals surface area contributed by atoms with E-state index in [0.717, 1.165) is 5.56 Å². The molecule has 156 valence electrons. The first-order valence-corrected chi connectivity index (χ1v) is 11.3.